The first-order chi connectivity index (χ1) is 26.0. The fourth-order valence-corrected chi connectivity index (χ4v) is 6.38. The Kier molecular flexibility index (Phi) is 33.2. The molecule has 1 rings (SSSR count). The van der Waals surface area contributed by atoms with E-state index in [4.69, 9.17) is 18.9 Å². The summed E-state index contributed by atoms with van der Waals surface area (Å²) in [5.41, 5.74) is 1.14. The number of allylic oxidation sites excluding steroid dienone is 5. The Labute approximate surface area is 324 Å². The van der Waals surface area contributed by atoms with Crippen LogP contribution in [0.4, 0.5) is 4.79 Å². The summed E-state index contributed by atoms with van der Waals surface area (Å²) in [5.74, 6) is -1.15. The van der Waals surface area contributed by atoms with Gasteiger partial charge in [0.2, 0.25) is 0 Å². The summed E-state index contributed by atoms with van der Waals surface area (Å²) in [4.78, 5) is 40.0. The zero-order valence-corrected chi connectivity index (χ0v) is 34.4. The Bertz CT molecular complexity index is 985. The topological polar surface area (TPSA) is 91.4 Å². The molecule has 1 heterocycles. The van der Waals surface area contributed by atoms with E-state index in [1.54, 1.807) is 6.08 Å². The number of ether oxygens (including phenoxy) is 4. The normalized spacial score (nSPS) is 14.5. The second kappa shape index (κ2) is 36.4. The van der Waals surface area contributed by atoms with Crippen LogP contribution in [0.3, 0.4) is 0 Å². The number of carbonyl (C=O) groups excluding carboxylic acids is 3. The molecule has 8 nitrogen and oxygen atoms in total. The molecule has 0 N–H and O–H groups in total. The number of nitrogens with zero attached hydrogens (tertiary/aromatic N) is 1. The first-order valence-corrected chi connectivity index (χ1v) is 21.8. The molecule has 0 aliphatic carbocycles. The van der Waals surface area contributed by atoms with E-state index in [0.717, 1.165) is 115 Å². The molecule has 306 valence electrons. The van der Waals surface area contributed by atoms with Crippen LogP contribution < -0.4 is 0 Å². The summed E-state index contributed by atoms with van der Waals surface area (Å²) in [7, 11) is 0. The van der Waals surface area contributed by atoms with E-state index >= 15 is 0 Å². The van der Waals surface area contributed by atoms with Crippen molar-refractivity contribution in [3.8, 4) is 0 Å². The second-order valence-electron chi connectivity index (χ2n) is 15.0. The van der Waals surface area contributed by atoms with Crippen molar-refractivity contribution in [1.29, 1.82) is 0 Å². The van der Waals surface area contributed by atoms with Crippen molar-refractivity contribution in [3.63, 3.8) is 0 Å². The minimum absolute atomic E-state index is 0.00896. The molecule has 0 aromatic heterocycles. The molecule has 0 radical (unpaired) electrons. The Balaban J connectivity index is 2.50. The molecule has 0 aromatic rings. The molecule has 1 aliphatic heterocycles. The number of rotatable bonds is 34. The first kappa shape index (κ1) is 48.4. The van der Waals surface area contributed by atoms with Crippen molar-refractivity contribution in [2.75, 3.05) is 39.6 Å². The maximum Gasteiger partial charge on any atom is 0.509 e. The van der Waals surface area contributed by atoms with Gasteiger partial charge in [0.15, 0.2) is 0 Å². The van der Waals surface area contributed by atoms with Gasteiger partial charge in [0.05, 0.1) is 5.92 Å². The van der Waals surface area contributed by atoms with Gasteiger partial charge >= 0.3 is 18.1 Å². The fraction of sp³-hybridized carbons (Fsp3) is 0.800. The number of unbranched alkanes of at least 4 members (excludes halogenated alkanes) is 15. The van der Waals surface area contributed by atoms with Crippen molar-refractivity contribution in [2.24, 2.45) is 5.92 Å². The fourth-order valence-electron chi connectivity index (χ4n) is 6.38. The van der Waals surface area contributed by atoms with E-state index in [1.165, 1.54) is 64.2 Å². The molecule has 0 amide bonds. The highest BCUT2D eigenvalue weighted by Crippen LogP contribution is 2.18. The van der Waals surface area contributed by atoms with Crippen LogP contribution in [0.5, 0.6) is 0 Å². The zero-order chi connectivity index (χ0) is 38.5. The largest absolute Gasteiger partial charge is 0.509 e. The van der Waals surface area contributed by atoms with Crippen LogP contribution in [-0.4, -0.2) is 62.6 Å². The Morgan fingerprint density at radius 3 is 1.74 bits per heavy atom. The monoisotopic (exact) mass is 746 g/mol. The van der Waals surface area contributed by atoms with Crippen molar-refractivity contribution in [1.82, 2.24) is 4.90 Å². The third kappa shape index (κ3) is 31.4. The summed E-state index contributed by atoms with van der Waals surface area (Å²) in [6.45, 7) is 8.59. The summed E-state index contributed by atoms with van der Waals surface area (Å²) in [6, 6.07) is 0. The summed E-state index contributed by atoms with van der Waals surface area (Å²) in [5, 5.41) is 0. The maximum atomic E-state index is 12.9. The van der Waals surface area contributed by atoms with Crippen molar-refractivity contribution in [3.05, 3.63) is 36.0 Å². The average Bonchev–Trinajstić information content (AvgIpc) is 3.16. The van der Waals surface area contributed by atoms with Gasteiger partial charge < -0.3 is 18.9 Å². The average molecular weight is 746 g/mol. The van der Waals surface area contributed by atoms with Crippen LogP contribution in [0.2, 0.25) is 0 Å². The molecule has 0 saturated carbocycles. The lowest BCUT2D eigenvalue weighted by atomic mass is 10.00. The predicted octanol–water partition coefficient (Wildman–Crippen LogP) is 12.4. The van der Waals surface area contributed by atoms with Gasteiger partial charge in [-0.15, -0.1) is 0 Å². The number of hydrogen-bond acceptors (Lipinski definition) is 8. The van der Waals surface area contributed by atoms with Gasteiger partial charge in [-0.25, -0.2) is 9.59 Å². The molecule has 0 spiro atoms. The first-order valence-electron chi connectivity index (χ1n) is 21.8. The molecule has 0 bridgehead atoms. The van der Waals surface area contributed by atoms with Crippen LogP contribution in [0.25, 0.3) is 0 Å². The molecular weight excluding hydrogens is 666 g/mol. The van der Waals surface area contributed by atoms with Crippen LogP contribution in [0, 0.1) is 5.92 Å². The Hall–Kier alpha value is -2.61. The standard InChI is InChI=1S/C45H79NO7/c1-4-7-10-12-14-15-16-17-18-19-20-21-22-24-28-33-43(47)50-37-42(39-52-45(49)53-40-46-34-29-25-30-35-46)38-51-44(48)36-41(31-26-9-6-3)32-27-23-13-11-8-5-2/h14-15,17-18,36,42H,4-13,16,19-35,37-40H2,1-3H3/b15-14-,18-17-,41-36+. The van der Waals surface area contributed by atoms with E-state index in [1.807, 2.05) is 0 Å². The minimum Gasteiger partial charge on any atom is -0.465 e. The number of likely N-dealkylation sites (tertiary alicyclic amines) is 1. The van der Waals surface area contributed by atoms with Crippen LogP contribution in [0.1, 0.15) is 188 Å². The van der Waals surface area contributed by atoms with Gasteiger partial charge in [0.25, 0.3) is 0 Å². The smallest absolute Gasteiger partial charge is 0.465 e. The van der Waals surface area contributed by atoms with E-state index in [-0.39, 0.29) is 32.5 Å². The summed E-state index contributed by atoms with van der Waals surface area (Å²) < 4.78 is 22.0. The van der Waals surface area contributed by atoms with Crippen LogP contribution in [-0.2, 0) is 28.5 Å². The molecule has 53 heavy (non-hydrogen) atoms. The van der Waals surface area contributed by atoms with E-state index in [2.05, 4.69) is 50.0 Å². The van der Waals surface area contributed by atoms with Crippen LogP contribution >= 0.6 is 0 Å². The zero-order valence-electron chi connectivity index (χ0n) is 34.4. The third-order valence-corrected chi connectivity index (χ3v) is 9.80. The molecule has 1 aliphatic rings. The Morgan fingerprint density at radius 2 is 1.06 bits per heavy atom. The number of esters is 2. The van der Waals surface area contributed by atoms with E-state index in [9.17, 15) is 14.4 Å². The van der Waals surface area contributed by atoms with E-state index < -0.39 is 18.0 Å². The van der Waals surface area contributed by atoms with Gasteiger partial charge in [-0.2, -0.15) is 0 Å². The SMILES string of the molecule is CCCCC/C=C\C/C=C\CCCCCCCC(=O)OCC(COC(=O)/C=C(\CCCCC)CCCCCCCC)COC(=O)OCN1CCCCC1. The summed E-state index contributed by atoms with van der Waals surface area (Å²) in [6.07, 6.45) is 38.5. The number of piperidine rings is 1. The lowest BCUT2D eigenvalue weighted by Crippen LogP contribution is -2.33. The predicted molar refractivity (Wildman–Crippen MR) is 218 cm³/mol. The third-order valence-electron chi connectivity index (χ3n) is 9.80. The van der Waals surface area contributed by atoms with Gasteiger partial charge in [0.1, 0.15) is 26.6 Å². The maximum absolute atomic E-state index is 12.9. The summed E-state index contributed by atoms with van der Waals surface area (Å²) >= 11 is 0. The minimum atomic E-state index is -0.764. The van der Waals surface area contributed by atoms with Crippen molar-refractivity contribution >= 4 is 18.1 Å². The van der Waals surface area contributed by atoms with Crippen LogP contribution in [0.15, 0.2) is 36.0 Å². The number of carbonyl (C=O) groups is 3. The molecule has 0 aromatic carbocycles. The molecule has 1 unspecified atom stereocenters. The lowest BCUT2D eigenvalue weighted by Gasteiger charge is -2.25. The Morgan fingerprint density at radius 1 is 0.547 bits per heavy atom. The molecule has 1 saturated heterocycles. The van der Waals surface area contributed by atoms with Gasteiger partial charge in [0, 0.05) is 25.6 Å². The highest BCUT2D eigenvalue weighted by Gasteiger charge is 2.19. The lowest BCUT2D eigenvalue weighted by molar-refractivity contribution is -0.148. The molecule has 1 fully saturated rings. The number of hydrogen-bond donors (Lipinski definition) is 0. The molecule has 1 atom stereocenters. The highest BCUT2D eigenvalue weighted by molar-refractivity contribution is 5.82. The highest BCUT2D eigenvalue weighted by atomic mass is 16.7. The second-order valence-corrected chi connectivity index (χ2v) is 15.0. The van der Waals surface area contributed by atoms with Gasteiger partial charge in [-0.3, -0.25) is 9.69 Å². The van der Waals surface area contributed by atoms with Crippen molar-refractivity contribution in [2.45, 2.75) is 188 Å². The van der Waals surface area contributed by atoms with E-state index in [0.29, 0.717) is 6.42 Å². The molecule has 8 heteroatoms. The van der Waals surface area contributed by atoms with Crippen molar-refractivity contribution < 1.29 is 33.3 Å². The van der Waals surface area contributed by atoms with Gasteiger partial charge in [-0.05, 0) is 77.0 Å². The quantitative estimate of drug-likeness (QED) is 0.0211. The van der Waals surface area contributed by atoms with Gasteiger partial charge in [-0.1, -0.05) is 134 Å². The molecular formula is C45H79NO7.